The number of ketones is 1. The number of Topliss-reactive ketones (excluding diaryl/α,β-unsaturated/α-hetero) is 1. The number of amides is 2. The van der Waals surface area contributed by atoms with Crippen LogP contribution < -0.4 is 4.90 Å². The summed E-state index contributed by atoms with van der Waals surface area (Å²) >= 11 is 12.5. The summed E-state index contributed by atoms with van der Waals surface area (Å²) in [4.78, 5) is 44.2. The SMILES string of the molecule is CC(C)(C)C(=O)[C@H]1[C@@H]2C(=O)N(c3cc(Cl)ccc3Cl)C(=O)[C@@H]2[C@H]2c3ccccc3C=CN21. The first-order valence-electron chi connectivity index (χ1n) is 10.5. The van der Waals surface area contributed by atoms with Crippen LogP contribution in [0, 0.1) is 17.3 Å². The third-order valence-corrected chi connectivity index (χ3v) is 7.17. The van der Waals surface area contributed by atoms with Crippen molar-refractivity contribution in [2.45, 2.75) is 32.9 Å². The van der Waals surface area contributed by atoms with E-state index in [9.17, 15) is 14.4 Å². The average molecular weight is 469 g/mol. The molecule has 0 aliphatic carbocycles. The van der Waals surface area contributed by atoms with Gasteiger partial charge in [0.15, 0.2) is 5.78 Å². The molecule has 0 unspecified atom stereocenters. The standard InChI is InChI=1S/C25H22Cl2N2O3/c1-25(2,3)22(30)21-19-18(20-15-7-5-4-6-13(15)10-11-28(20)21)23(31)29(24(19)32)17-12-14(26)8-9-16(17)27/h4-12,18-21H,1-3H3/t18-,19+,20+,21+/m0/s1. The molecule has 0 saturated carbocycles. The van der Waals surface area contributed by atoms with Gasteiger partial charge in [0.25, 0.3) is 0 Å². The molecule has 3 heterocycles. The van der Waals surface area contributed by atoms with Crippen molar-refractivity contribution in [1.82, 2.24) is 4.90 Å². The second kappa shape index (κ2) is 7.19. The van der Waals surface area contributed by atoms with Gasteiger partial charge >= 0.3 is 0 Å². The fraction of sp³-hybridized carbons (Fsp3) is 0.320. The summed E-state index contributed by atoms with van der Waals surface area (Å²) in [6, 6.07) is 11.3. The molecule has 0 N–H and O–H groups in total. The molecule has 4 atom stereocenters. The largest absolute Gasteiger partial charge is 0.359 e. The Morgan fingerprint density at radius 3 is 2.38 bits per heavy atom. The molecule has 5 nitrogen and oxygen atoms in total. The lowest BCUT2D eigenvalue weighted by Crippen LogP contribution is -2.47. The van der Waals surface area contributed by atoms with Gasteiger partial charge in [0.2, 0.25) is 11.8 Å². The van der Waals surface area contributed by atoms with E-state index in [-0.39, 0.29) is 22.4 Å². The van der Waals surface area contributed by atoms with Crippen LogP contribution in [0.1, 0.15) is 37.9 Å². The number of anilines is 1. The zero-order valence-corrected chi connectivity index (χ0v) is 19.4. The number of nitrogens with zero attached hydrogens (tertiary/aromatic N) is 2. The molecule has 3 aliphatic heterocycles. The number of hydrogen-bond acceptors (Lipinski definition) is 4. The van der Waals surface area contributed by atoms with Gasteiger partial charge in [-0.1, -0.05) is 68.2 Å². The molecule has 0 spiro atoms. The number of halogens is 2. The minimum atomic E-state index is -0.801. The lowest BCUT2D eigenvalue weighted by molar-refractivity contribution is -0.135. The first kappa shape index (κ1) is 21.2. The van der Waals surface area contributed by atoms with Gasteiger partial charge in [-0.3, -0.25) is 14.4 Å². The van der Waals surface area contributed by atoms with Gasteiger partial charge in [0.1, 0.15) is 6.04 Å². The monoisotopic (exact) mass is 468 g/mol. The molecule has 5 rings (SSSR count). The summed E-state index contributed by atoms with van der Waals surface area (Å²) in [6.07, 6.45) is 3.80. The van der Waals surface area contributed by atoms with Crippen molar-refractivity contribution in [3.63, 3.8) is 0 Å². The Bertz CT molecular complexity index is 1200. The summed E-state index contributed by atoms with van der Waals surface area (Å²) in [5.41, 5.74) is 1.50. The van der Waals surface area contributed by atoms with Crippen molar-refractivity contribution < 1.29 is 14.4 Å². The molecular weight excluding hydrogens is 447 g/mol. The van der Waals surface area contributed by atoms with Gasteiger partial charge in [-0.15, -0.1) is 0 Å². The molecule has 3 aliphatic rings. The molecule has 164 valence electrons. The molecule has 2 fully saturated rings. The minimum Gasteiger partial charge on any atom is -0.359 e. The average Bonchev–Trinajstić information content (AvgIpc) is 3.21. The van der Waals surface area contributed by atoms with E-state index < -0.39 is 35.2 Å². The third kappa shape index (κ3) is 2.95. The molecule has 2 aromatic rings. The molecule has 32 heavy (non-hydrogen) atoms. The van der Waals surface area contributed by atoms with Crippen LogP contribution in [0.15, 0.2) is 48.7 Å². The van der Waals surface area contributed by atoms with Gasteiger partial charge in [-0.2, -0.15) is 0 Å². The number of carbonyl (C=O) groups is 3. The van der Waals surface area contributed by atoms with Crippen LogP contribution >= 0.6 is 23.2 Å². The molecule has 0 bridgehead atoms. The third-order valence-electron chi connectivity index (χ3n) is 6.62. The second-order valence-corrected chi connectivity index (χ2v) is 10.4. The van der Waals surface area contributed by atoms with E-state index in [0.29, 0.717) is 5.02 Å². The van der Waals surface area contributed by atoms with Crippen molar-refractivity contribution >= 4 is 52.6 Å². The lowest BCUT2D eigenvalue weighted by Gasteiger charge is -2.37. The number of rotatable bonds is 2. The number of fused-ring (bicyclic) bond motifs is 5. The second-order valence-electron chi connectivity index (χ2n) is 9.55. The number of hydrogen-bond donors (Lipinski definition) is 0. The van der Waals surface area contributed by atoms with Crippen LogP contribution in [0.25, 0.3) is 6.08 Å². The van der Waals surface area contributed by atoms with E-state index in [1.807, 2.05) is 62.2 Å². The fourth-order valence-electron chi connectivity index (χ4n) is 5.20. The molecule has 0 radical (unpaired) electrons. The Balaban J connectivity index is 1.69. The first-order chi connectivity index (χ1) is 15.1. The number of benzene rings is 2. The van der Waals surface area contributed by atoms with E-state index >= 15 is 0 Å². The predicted molar refractivity (Wildman–Crippen MR) is 124 cm³/mol. The van der Waals surface area contributed by atoms with Gasteiger partial charge in [-0.25, -0.2) is 4.90 Å². The molecule has 2 amide bonds. The highest BCUT2D eigenvalue weighted by molar-refractivity contribution is 6.38. The van der Waals surface area contributed by atoms with Crippen molar-refractivity contribution in [3.05, 3.63) is 69.8 Å². The Morgan fingerprint density at radius 2 is 1.66 bits per heavy atom. The zero-order valence-electron chi connectivity index (χ0n) is 17.9. The maximum Gasteiger partial charge on any atom is 0.240 e. The van der Waals surface area contributed by atoms with Crippen molar-refractivity contribution in [1.29, 1.82) is 0 Å². The predicted octanol–water partition coefficient (Wildman–Crippen LogP) is 5.12. The summed E-state index contributed by atoms with van der Waals surface area (Å²) in [7, 11) is 0. The number of carbonyl (C=O) groups excluding carboxylic acids is 3. The maximum absolute atomic E-state index is 13.8. The Hall–Kier alpha value is -2.63. The van der Waals surface area contributed by atoms with E-state index in [1.54, 1.807) is 12.1 Å². The summed E-state index contributed by atoms with van der Waals surface area (Å²) in [5, 5.41) is 0.632. The normalized spacial score (nSPS) is 26.3. The number of imide groups is 1. The summed E-state index contributed by atoms with van der Waals surface area (Å²) < 4.78 is 0. The Labute approximate surface area is 196 Å². The molecule has 2 aromatic carbocycles. The topological polar surface area (TPSA) is 57.7 Å². The quantitative estimate of drug-likeness (QED) is 0.573. The van der Waals surface area contributed by atoms with Gasteiger partial charge < -0.3 is 4.90 Å². The summed E-state index contributed by atoms with van der Waals surface area (Å²) in [5.74, 6) is -2.33. The Morgan fingerprint density at radius 1 is 0.969 bits per heavy atom. The minimum absolute atomic E-state index is 0.0702. The maximum atomic E-state index is 13.8. The first-order valence-corrected chi connectivity index (χ1v) is 11.3. The van der Waals surface area contributed by atoms with Crippen LogP contribution in [0.5, 0.6) is 0 Å². The highest BCUT2D eigenvalue weighted by Crippen LogP contribution is 2.54. The smallest absolute Gasteiger partial charge is 0.240 e. The molecular formula is C25H22Cl2N2O3. The highest BCUT2D eigenvalue weighted by Gasteiger charge is 2.65. The van der Waals surface area contributed by atoms with Crippen LogP contribution in [0.2, 0.25) is 10.0 Å². The lowest BCUT2D eigenvalue weighted by atomic mass is 9.79. The van der Waals surface area contributed by atoms with Crippen LogP contribution in [0.3, 0.4) is 0 Å². The molecule has 7 heteroatoms. The van der Waals surface area contributed by atoms with Crippen molar-refractivity contribution in [2.24, 2.45) is 17.3 Å². The van der Waals surface area contributed by atoms with Crippen molar-refractivity contribution in [2.75, 3.05) is 4.90 Å². The highest BCUT2D eigenvalue weighted by atomic mass is 35.5. The fourth-order valence-corrected chi connectivity index (χ4v) is 5.56. The van der Waals surface area contributed by atoms with Gasteiger partial charge in [0, 0.05) is 16.6 Å². The van der Waals surface area contributed by atoms with E-state index in [1.165, 1.54) is 6.07 Å². The summed E-state index contributed by atoms with van der Waals surface area (Å²) in [6.45, 7) is 5.52. The van der Waals surface area contributed by atoms with Gasteiger partial charge in [0.05, 0.1) is 28.6 Å². The zero-order chi connectivity index (χ0) is 22.9. The van der Waals surface area contributed by atoms with E-state index in [0.717, 1.165) is 16.0 Å². The van der Waals surface area contributed by atoms with Crippen molar-refractivity contribution in [3.8, 4) is 0 Å². The van der Waals surface area contributed by atoms with E-state index in [4.69, 9.17) is 23.2 Å². The molecule has 0 aromatic heterocycles. The molecule has 2 saturated heterocycles. The van der Waals surface area contributed by atoms with E-state index in [2.05, 4.69) is 0 Å². The van der Waals surface area contributed by atoms with Gasteiger partial charge in [-0.05, 0) is 35.4 Å². The Kier molecular flexibility index (Phi) is 4.77. The van der Waals surface area contributed by atoms with Crippen LogP contribution in [-0.4, -0.2) is 28.5 Å². The van der Waals surface area contributed by atoms with Crippen LogP contribution in [-0.2, 0) is 14.4 Å². The van der Waals surface area contributed by atoms with Crippen LogP contribution in [0.4, 0.5) is 5.69 Å².